The van der Waals surface area contributed by atoms with Crippen molar-refractivity contribution in [3.8, 4) is 0 Å². The van der Waals surface area contributed by atoms with Crippen molar-refractivity contribution in [3.63, 3.8) is 0 Å². The third-order valence-electron chi connectivity index (χ3n) is 0.370. The van der Waals surface area contributed by atoms with Crippen LogP contribution in [0.4, 0.5) is 0 Å². The molecule has 0 rings (SSSR count). The van der Waals surface area contributed by atoms with Crippen molar-refractivity contribution in [2.75, 3.05) is 6.54 Å². The van der Waals surface area contributed by atoms with Crippen LogP contribution < -0.4 is 0 Å². The average molecular weight is 117 g/mol. The van der Waals surface area contributed by atoms with E-state index < -0.39 is 0 Å². The Morgan fingerprint density at radius 3 is 2.67 bits per heavy atom. The molecule has 0 aliphatic rings. The van der Waals surface area contributed by atoms with Crippen molar-refractivity contribution in [2.45, 2.75) is 6.42 Å². The van der Waals surface area contributed by atoms with Gasteiger partial charge in [0, 0.05) is 0 Å². The standard InChI is InChI=1S/C3H5N2.Ti/c4-2-1-3-5;/h2H,1,3H2;/q-1;+1. The molecule has 0 atom stereocenters. The number of nitrogens with zero attached hydrogens (tertiary/aromatic N) is 2. The van der Waals surface area contributed by atoms with Gasteiger partial charge in [0.1, 0.15) is 0 Å². The zero-order valence-corrected chi connectivity index (χ0v) is 4.95. The average Bonchev–Trinajstić information content (AvgIpc) is 1.61. The van der Waals surface area contributed by atoms with Crippen LogP contribution in [0.15, 0.2) is 3.42 Å². The van der Waals surface area contributed by atoms with Gasteiger partial charge in [-0.15, -0.1) is 0 Å². The molecule has 0 N–H and O–H groups in total. The van der Waals surface area contributed by atoms with Gasteiger partial charge in [0.2, 0.25) is 0 Å². The van der Waals surface area contributed by atoms with Gasteiger partial charge in [0.25, 0.3) is 0 Å². The second-order valence-corrected chi connectivity index (χ2v) is 1.35. The van der Waals surface area contributed by atoms with Gasteiger partial charge in [-0.25, -0.2) is 0 Å². The van der Waals surface area contributed by atoms with Crippen molar-refractivity contribution in [1.29, 1.82) is 0 Å². The number of hydrogen-bond donors (Lipinski definition) is 0. The van der Waals surface area contributed by atoms with Crippen molar-refractivity contribution < 1.29 is 20.3 Å². The Bertz CT molecular complexity index is 44.8. The second-order valence-electron chi connectivity index (χ2n) is 0.853. The van der Waals surface area contributed by atoms with E-state index in [2.05, 4.69) is 3.42 Å². The molecule has 0 radical (unpaired) electrons. The molecular weight excluding hydrogens is 112 g/mol. The summed E-state index contributed by atoms with van der Waals surface area (Å²) in [5.41, 5.74) is 0. The third kappa shape index (κ3) is 4.18. The summed E-state index contributed by atoms with van der Waals surface area (Å²) in [5, 5.41) is 8.01. The number of hydrogen-bond acceptors (Lipinski definition) is 1. The predicted molar refractivity (Wildman–Crippen MR) is 21.3 cm³/mol. The van der Waals surface area contributed by atoms with E-state index in [1.807, 2.05) is 0 Å². The van der Waals surface area contributed by atoms with Crippen LogP contribution in [0, 0.1) is 0 Å². The fraction of sp³-hybridized carbons (Fsp3) is 0.667. The van der Waals surface area contributed by atoms with Crippen molar-refractivity contribution in [1.82, 2.24) is 0 Å². The quantitative estimate of drug-likeness (QED) is 0.297. The molecule has 0 aromatic heterocycles. The van der Waals surface area contributed by atoms with Gasteiger partial charge in [-0.1, -0.05) is 0 Å². The summed E-state index contributed by atoms with van der Waals surface area (Å²) in [6.45, 7) is 0.733. The molecule has 0 amide bonds. The molecule has 0 aromatic rings. The summed E-state index contributed by atoms with van der Waals surface area (Å²) < 4.78 is 3.73. The van der Waals surface area contributed by atoms with Crippen LogP contribution in [0.5, 0.6) is 0 Å². The Labute approximate surface area is 48.7 Å². The third-order valence-corrected chi connectivity index (χ3v) is 0.719. The molecule has 3 heteroatoms. The molecular formula is C3H5N2Ti. The van der Waals surface area contributed by atoms with E-state index in [1.54, 1.807) is 20.3 Å². The molecule has 0 aliphatic carbocycles. The molecule has 0 aliphatic heterocycles. The molecule has 0 fully saturated rings. The molecule has 0 unspecified atom stereocenters. The zero-order chi connectivity index (χ0) is 4.83. The Kier molecular flexibility index (Phi) is 5.34. The molecule has 0 saturated carbocycles. The van der Waals surface area contributed by atoms with Crippen molar-refractivity contribution in [2.24, 2.45) is 3.42 Å². The first-order valence-corrected chi connectivity index (χ1v) is 2.40. The monoisotopic (exact) mass is 117 g/mol. The first kappa shape index (κ1) is 6.18. The Morgan fingerprint density at radius 2 is 2.50 bits per heavy atom. The molecule has 0 spiro atoms. The molecule has 31 valence electrons. The van der Waals surface area contributed by atoms with Gasteiger partial charge in [-0.3, -0.25) is 0 Å². The maximum atomic E-state index is 8.01. The molecule has 0 aromatic carbocycles. The van der Waals surface area contributed by atoms with E-state index >= 15 is 0 Å². The van der Waals surface area contributed by atoms with Crippen LogP contribution in [0.3, 0.4) is 0 Å². The van der Waals surface area contributed by atoms with Crippen molar-refractivity contribution >= 4 is 6.21 Å². The maximum absolute atomic E-state index is 8.01. The summed E-state index contributed by atoms with van der Waals surface area (Å²) in [5.74, 6) is 0. The first-order valence-electron chi connectivity index (χ1n) is 1.71. The van der Waals surface area contributed by atoms with Crippen LogP contribution in [0.1, 0.15) is 6.42 Å². The molecule has 6 heavy (non-hydrogen) atoms. The van der Waals surface area contributed by atoms with E-state index in [0.717, 1.165) is 12.8 Å². The summed E-state index contributed by atoms with van der Waals surface area (Å²) in [6, 6.07) is 0. The van der Waals surface area contributed by atoms with Crippen LogP contribution >= 0.6 is 0 Å². The summed E-state index contributed by atoms with van der Waals surface area (Å²) in [4.78, 5) is 0. The van der Waals surface area contributed by atoms with Gasteiger partial charge >= 0.3 is 48.3 Å². The summed E-state index contributed by atoms with van der Waals surface area (Å²) in [7, 11) is 0. The van der Waals surface area contributed by atoms with Gasteiger partial charge in [-0.2, -0.15) is 0 Å². The molecule has 0 saturated heterocycles. The van der Waals surface area contributed by atoms with Crippen LogP contribution in [0.2, 0.25) is 0 Å². The van der Waals surface area contributed by atoms with E-state index in [1.165, 1.54) is 0 Å². The topological polar surface area (TPSA) is 34.7 Å². The Balaban J connectivity index is 2.66. The SMILES string of the molecule is [N-]=CCC[N]=[Ti+]. The van der Waals surface area contributed by atoms with E-state index in [9.17, 15) is 0 Å². The van der Waals surface area contributed by atoms with E-state index in [-0.39, 0.29) is 0 Å². The second kappa shape index (κ2) is 5.18. The van der Waals surface area contributed by atoms with E-state index in [0.29, 0.717) is 6.42 Å². The zero-order valence-electron chi connectivity index (χ0n) is 3.39. The first-order chi connectivity index (χ1) is 2.91. The Morgan fingerprint density at radius 1 is 1.83 bits per heavy atom. The van der Waals surface area contributed by atoms with Crippen LogP contribution in [-0.4, -0.2) is 12.8 Å². The van der Waals surface area contributed by atoms with Crippen LogP contribution in [0.25, 0.3) is 5.41 Å². The van der Waals surface area contributed by atoms with E-state index in [4.69, 9.17) is 5.41 Å². The van der Waals surface area contributed by atoms with Gasteiger partial charge in [0.05, 0.1) is 0 Å². The molecule has 0 bridgehead atoms. The number of rotatable bonds is 3. The van der Waals surface area contributed by atoms with Crippen LogP contribution in [-0.2, 0) is 20.3 Å². The molecule has 2 nitrogen and oxygen atoms in total. The normalized spacial score (nSPS) is 7.67. The summed E-state index contributed by atoms with van der Waals surface area (Å²) in [6.07, 6.45) is 1.80. The minimum atomic E-state index is 0.677. The molecule has 0 heterocycles. The summed E-state index contributed by atoms with van der Waals surface area (Å²) >= 11 is 1.73. The van der Waals surface area contributed by atoms with Gasteiger partial charge in [0.15, 0.2) is 0 Å². The predicted octanol–water partition coefficient (Wildman–Crippen LogP) is 0.747. The van der Waals surface area contributed by atoms with Gasteiger partial charge in [-0.05, 0) is 0 Å². The fourth-order valence-corrected chi connectivity index (χ4v) is 0.324. The van der Waals surface area contributed by atoms with Crippen molar-refractivity contribution in [3.05, 3.63) is 5.41 Å². The Hall–Kier alpha value is 0.184. The minimum absolute atomic E-state index is 0.677. The van der Waals surface area contributed by atoms with Gasteiger partial charge < -0.3 is 0 Å². The fourth-order valence-electron chi connectivity index (χ4n) is 0.122.